The molecule has 0 aliphatic carbocycles. The van der Waals surface area contributed by atoms with Crippen LogP contribution in [0.5, 0.6) is 0 Å². The molecule has 0 saturated carbocycles. The Labute approximate surface area is 164 Å². The van der Waals surface area contributed by atoms with Gasteiger partial charge in [-0.3, -0.25) is 24.1 Å². The number of imide groups is 1. The molecule has 156 valence electrons. The number of piperidine rings is 1. The third kappa shape index (κ3) is 4.10. The molecule has 2 aliphatic rings. The van der Waals surface area contributed by atoms with Crippen LogP contribution in [-0.2, 0) is 9.59 Å². The van der Waals surface area contributed by atoms with E-state index in [0.29, 0.717) is 12.8 Å². The van der Waals surface area contributed by atoms with Crippen LogP contribution in [0.25, 0.3) is 0 Å². The van der Waals surface area contributed by atoms with Gasteiger partial charge in [-0.1, -0.05) is 12.1 Å². The van der Waals surface area contributed by atoms with Gasteiger partial charge in [0.05, 0.1) is 11.1 Å². The SMILES string of the molecule is CC(C(=O)NCC1CCN(C(=O)C(F)(F)F)CC1)N1C(=O)c2ccccc2C1=O. The van der Waals surface area contributed by atoms with Gasteiger partial charge in [0.15, 0.2) is 0 Å². The number of amides is 4. The smallest absolute Gasteiger partial charge is 0.354 e. The zero-order valence-corrected chi connectivity index (χ0v) is 15.7. The summed E-state index contributed by atoms with van der Waals surface area (Å²) < 4.78 is 37.4. The lowest BCUT2D eigenvalue weighted by atomic mass is 9.96. The van der Waals surface area contributed by atoms with Crippen LogP contribution in [0.1, 0.15) is 40.5 Å². The molecule has 3 rings (SSSR count). The number of carbonyl (C=O) groups is 4. The maximum atomic E-state index is 12.5. The lowest BCUT2D eigenvalue weighted by Gasteiger charge is -2.32. The highest BCUT2D eigenvalue weighted by molar-refractivity contribution is 6.22. The first-order valence-corrected chi connectivity index (χ1v) is 9.22. The first-order valence-electron chi connectivity index (χ1n) is 9.22. The predicted molar refractivity (Wildman–Crippen MR) is 94.8 cm³/mol. The second-order valence-electron chi connectivity index (χ2n) is 7.18. The summed E-state index contributed by atoms with van der Waals surface area (Å²) in [6.07, 6.45) is -4.24. The molecule has 0 bridgehead atoms. The summed E-state index contributed by atoms with van der Waals surface area (Å²) in [6, 6.07) is 5.30. The van der Waals surface area contributed by atoms with Crippen molar-refractivity contribution in [2.75, 3.05) is 19.6 Å². The van der Waals surface area contributed by atoms with Crippen molar-refractivity contribution in [1.82, 2.24) is 15.1 Å². The van der Waals surface area contributed by atoms with Gasteiger partial charge in [-0.25, -0.2) is 0 Å². The van der Waals surface area contributed by atoms with Gasteiger partial charge in [0.1, 0.15) is 6.04 Å². The van der Waals surface area contributed by atoms with Gasteiger partial charge in [0.25, 0.3) is 11.8 Å². The van der Waals surface area contributed by atoms with E-state index in [1.54, 1.807) is 12.1 Å². The molecule has 2 aliphatic heterocycles. The molecule has 1 aromatic rings. The third-order valence-corrected chi connectivity index (χ3v) is 5.30. The molecule has 1 fully saturated rings. The molecular weight excluding hydrogens is 391 g/mol. The summed E-state index contributed by atoms with van der Waals surface area (Å²) in [4.78, 5) is 50.2. The topological polar surface area (TPSA) is 86.8 Å². The fraction of sp³-hybridized carbons (Fsp3) is 0.474. The Bertz CT molecular complexity index is 812. The van der Waals surface area contributed by atoms with Crippen molar-refractivity contribution in [2.24, 2.45) is 5.92 Å². The van der Waals surface area contributed by atoms with Crippen molar-refractivity contribution in [3.63, 3.8) is 0 Å². The number of likely N-dealkylation sites (tertiary alicyclic amines) is 1. The van der Waals surface area contributed by atoms with Gasteiger partial charge in [0.2, 0.25) is 5.91 Å². The summed E-state index contributed by atoms with van der Waals surface area (Å²) in [7, 11) is 0. The number of hydrogen-bond donors (Lipinski definition) is 1. The molecule has 0 radical (unpaired) electrons. The summed E-state index contributed by atoms with van der Waals surface area (Å²) in [5.41, 5.74) is 0.498. The minimum Gasteiger partial charge on any atom is -0.354 e. The molecule has 10 heteroatoms. The van der Waals surface area contributed by atoms with Crippen molar-refractivity contribution in [3.05, 3.63) is 35.4 Å². The van der Waals surface area contributed by atoms with Crippen LogP contribution in [0, 0.1) is 5.92 Å². The predicted octanol–water partition coefficient (Wildman–Crippen LogP) is 1.59. The molecule has 0 aromatic heterocycles. The Morgan fingerprint density at radius 3 is 2.10 bits per heavy atom. The van der Waals surface area contributed by atoms with Crippen LogP contribution in [0.3, 0.4) is 0 Å². The van der Waals surface area contributed by atoms with Gasteiger partial charge in [-0.2, -0.15) is 13.2 Å². The highest BCUT2D eigenvalue weighted by atomic mass is 19.4. The minimum atomic E-state index is -4.89. The zero-order chi connectivity index (χ0) is 21.3. The first kappa shape index (κ1) is 20.8. The molecule has 1 N–H and O–H groups in total. The minimum absolute atomic E-state index is 0.0349. The molecule has 29 heavy (non-hydrogen) atoms. The third-order valence-electron chi connectivity index (χ3n) is 5.30. The largest absolute Gasteiger partial charge is 0.471 e. The lowest BCUT2D eigenvalue weighted by molar-refractivity contribution is -0.186. The quantitative estimate of drug-likeness (QED) is 0.763. The fourth-order valence-corrected chi connectivity index (χ4v) is 3.59. The summed E-state index contributed by atoms with van der Waals surface area (Å²) >= 11 is 0. The van der Waals surface area contributed by atoms with Crippen molar-refractivity contribution < 1.29 is 32.3 Å². The number of nitrogens with one attached hydrogen (secondary N) is 1. The number of benzene rings is 1. The van der Waals surface area contributed by atoms with Crippen LogP contribution in [0.4, 0.5) is 13.2 Å². The highest BCUT2D eigenvalue weighted by Gasteiger charge is 2.43. The Morgan fingerprint density at radius 1 is 1.10 bits per heavy atom. The monoisotopic (exact) mass is 411 g/mol. The van der Waals surface area contributed by atoms with E-state index in [4.69, 9.17) is 0 Å². The summed E-state index contributed by atoms with van der Waals surface area (Å²) in [6.45, 7) is 1.57. The Kier molecular flexibility index (Phi) is 5.63. The lowest BCUT2D eigenvalue weighted by Crippen LogP contribution is -2.50. The van der Waals surface area contributed by atoms with Gasteiger partial charge < -0.3 is 10.2 Å². The zero-order valence-electron chi connectivity index (χ0n) is 15.7. The number of hydrogen-bond acceptors (Lipinski definition) is 4. The van der Waals surface area contributed by atoms with Gasteiger partial charge >= 0.3 is 12.1 Å². The van der Waals surface area contributed by atoms with E-state index in [2.05, 4.69) is 5.32 Å². The maximum Gasteiger partial charge on any atom is 0.471 e. The molecule has 0 spiro atoms. The van der Waals surface area contributed by atoms with Crippen molar-refractivity contribution >= 4 is 23.6 Å². The van der Waals surface area contributed by atoms with E-state index < -0.39 is 35.8 Å². The van der Waals surface area contributed by atoms with E-state index in [-0.39, 0.29) is 36.7 Å². The first-order chi connectivity index (χ1) is 13.6. The van der Waals surface area contributed by atoms with Crippen LogP contribution < -0.4 is 5.32 Å². The fourth-order valence-electron chi connectivity index (χ4n) is 3.59. The molecule has 2 heterocycles. The van der Waals surface area contributed by atoms with E-state index in [9.17, 15) is 32.3 Å². The Hall–Kier alpha value is -2.91. The van der Waals surface area contributed by atoms with E-state index >= 15 is 0 Å². The molecule has 4 amide bonds. The Balaban J connectivity index is 1.51. The molecule has 1 unspecified atom stereocenters. The standard InChI is InChI=1S/C19H20F3N3O4/c1-11(25-16(27)13-4-2-3-5-14(13)17(25)28)15(26)23-10-12-6-8-24(9-7-12)18(29)19(20,21)22/h2-5,11-12H,6-10H2,1H3,(H,23,26). The number of rotatable bonds is 4. The number of nitrogens with zero attached hydrogens (tertiary/aromatic N) is 2. The highest BCUT2D eigenvalue weighted by Crippen LogP contribution is 2.25. The van der Waals surface area contributed by atoms with Crippen LogP contribution in [0.2, 0.25) is 0 Å². The van der Waals surface area contributed by atoms with Crippen molar-refractivity contribution in [1.29, 1.82) is 0 Å². The van der Waals surface area contributed by atoms with Crippen LogP contribution in [-0.4, -0.2) is 65.3 Å². The van der Waals surface area contributed by atoms with Crippen molar-refractivity contribution in [2.45, 2.75) is 32.0 Å². The number of alkyl halides is 3. The molecule has 1 atom stereocenters. The normalized spacial score (nSPS) is 18.6. The second kappa shape index (κ2) is 7.84. The molecule has 7 nitrogen and oxygen atoms in total. The Morgan fingerprint density at radius 2 is 1.62 bits per heavy atom. The number of halogens is 3. The van der Waals surface area contributed by atoms with Crippen LogP contribution in [0.15, 0.2) is 24.3 Å². The average Bonchev–Trinajstić information content (AvgIpc) is 2.95. The van der Waals surface area contributed by atoms with Gasteiger partial charge in [0, 0.05) is 19.6 Å². The van der Waals surface area contributed by atoms with E-state index in [0.717, 1.165) is 9.80 Å². The van der Waals surface area contributed by atoms with Gasteiger partial charge in [-0.15, -0.1) is 0 Å². The van der Waals surface area contributed by atoms with Crippen molar-refractivity contribution in [3.8, 4) is 0 Å². The van der Waals surface area contributed by atoms with E-state index in [1.807, 2.05) is 0 Å². The average molecular weight is 411 g/mol. The maximum absolute atomic E-state index is 12.5. The summed E-state index contributed by atoms with van der Waals surface area (Å²) in [5.74, 6) is -3.53. The number of carbonyl (C=O) groups excluding carboxylic acids is 4. The molecule has 1 saturated heterocycles. The van der Waals surface area contributed by atoms with Crippen LogP contribution >= 0.6 is 0 Å². The molecular formula is C19H20F3N3O4. The number of fused-ring (bicyclic) bond motifs is 1. The van der Waals surface area contributed by atoms with E-state index in [1.165, 1.54) is 19.1 Å². The second-order valence-corrected chi connectivity index (χ2v) is 7.18. The summed E-state index contributed by atoms with van der Waals surface area (Å²) in [5, 5.41) is 2.66. The van der Waals surface area contributed by atoms with Gasteiger partial charge in [-0.05, 0) is 37.8 Å². The molecule has 1 aromatic carbocycles.